The third-order valence-corrected chi connectivity index (χ3v) is 3.34. The summed E-state index contributed by atoms with van der Waals surface area (Å²) < 4.78 is 1.11. The van der Waals surface area contributed by atoms with Crippen molar-refractivity contribution < 1.29 is 0 Å². The zero-order chi connectivity index (χ0) is 12.1. The minimum Gasteiger partial charge on any atom is -0.314 e. The molecule has 1 aromatic carbocycles. The van der Waals surface area contributed by atoms with E-state index in [0.717, 1.165) is 36.3 Å². The van der Waals surface area contributed by atoms with E-state index in [9.17, 15) is 0 Å². The normalized spacial score (nSPS) is 16.5. The number of rotatable bonds is 3. The number of piperazine rings is 1. The van der Waals surface area contributed by atoms with Gasteiger partial charge in [0.15, 0.2) is 0 Å². The molecule has 0 spiro atoms. The van der Waals surface area contributed by atoms with Crippen LogP contribution in [0.2, 0.25) is 0 Å². The van der Waals surface area contributed by atoms with Gasteiger partial charge in [-0.15, -0.1) is 0 Å². The van der Waals surface area contributed by atoms with Gasteiger partial charge in [-0.25, -0.2) is 0 Å². The quantitative estimate of drug-likeness (QED) is 0.397. The van der Waals surface area contributed by atoms with E-state index in [0.29, 0.717) is 5.69 Å². The first-order chi connectivity index (χ1) is 8.28. The molecule has 1 aromatic rings. The van der Waals surface area contributed by atoms with Gasteiger partial charge in [-0.05, 0) is 51.9 Å². The first-order valence-corrected chi connectivity index (χ1v) is 6.63. The molecule has 6 heteroatoms. The molecular formula is C11H14IN5. The minimum atomic E-state index is 0.699. The SMILES string of the molecule is [N-]=[N+]=Nc1cc(I)cc(CN2CCNCC2)c1. The van der Waals surface area contributed by atoms with Crippen LogP contribution in [0, 0.1) is 3.57 Å². The van der Waals surface area contributed by atoms with Crippen molar-refractivity contribution in [1.29, 1.82) is 0 Å². The fraction of sp³-hybridized carbons (Fsp3) is 0.455. The first kappa shape index (κ1) is 12.6. The van der Waals surface area contributed by atoms with Gasteiger partial charge in [0.05, 0.1) is 0 Å². The van der Waals surface area contributed by atoms with Crippen LogP contribution in [-0.4, -0.2) is 31.1 Å². The van der Waals surface area contributed by atoms with Crippen molar-refractivity contribution in [2.24, 2.45) is 5.11 Å². The maximum atomic E-state index is 8.46. The van der Waals surface area contributed by atoms with Crippen LogP contribution in [0.15, 0.2) is 23.3 Å². The Kier molecular flexibility index (Phi) is 4.61. The van der Waals surface area contributed by atoms with E-state index in [4.69, 9.17) is 5.53 Å². The molecule has 0 atom stereocenters. The minimum absolute atomic E-state index is 0.699. The Hall–Kier alpha value is -0.820. The lowest BCUT2D eigenvalue weighted by Gasteiger charge is -2.27. The second-order valence-electron chi connectivity index (χ2n) is 4.03. The van der Waals surface area contributed by atoms with Gasteiger partial charge in [0, 0.05) is 46.9 Å². The van der Waals surface area contributed by atoms with Crippen molar-refractivity contribution in [2.45, 2.75) is 6.54 Å². The molecule has 1 N–H and O–H groups in total. The monoisotopic (exact) mass is 343 g/mol. The molecule has 0 amide bonds. The predicted octanol–water partition coefficient (Wildman–Crippen LogP) is 2.64. The highest BCUT2D eigenvalue weighted by Gasteiger charge is 2.10. The second-order valence-corrected chi connectivity index (χ2v) is 5.28. The summed E-state index contributed by atoms with van der Waals surface area (Å²) in [7, 11) is 0. The van der Waals surface area contributed by atoms with Crippen molar-refractivity contribution in [3.05, 3.63) is 37.8 Å². The molecule has 17 heavy (non-hydrogen) atoms. The molecule has 0 saturated carbocycles. The predicted molar refractivity (Wildman–Crippen MR) is 76.1 cm³/mol. The molecule has 5 nitrogen and oxygen atoms in total. The molecule has 0 bridgehead atoms. The summed E-state index contributed by atoms with van der Waals surface area (Å²) in [6.45, 7) is 5.16. The van der Waals surface area contributed by atoms with E-state index >= 15 is 0 Å². The number of azide groups is 1. The molecule has 1 saturated heterocycles. The number of halogens is 1. The summed E-state index contributed by atoms with van der Waals surface area (Å²) in [5.41, 5.74) is 10.4. The topological polar surface area (TPSA) is 64.0 Å². The summed E-state index contributed by atoms with van der Waals surface area (Å²) in [4.78, 5) is 5.24. The number of hydrogen-bond acceptors (Lipinski definition) is 3. The van der Waals surface area contributed by atoms with Gasteiger partial charge < -0.3 is 5.32 Å². The Bertz CT molecular complexity index is 435. The Morgan fingerprint density at radius 2 is 2.12 bits per heavy atom. The largest absolute Gasteiger partial charge is 0.314 e. The first-order valence-electron chi connectivity index (χ1n) is 5.55. The van der Waals surface area contributed by atoms with Crippen molar-refractivity contribution in [1.82, 2.24) is 10.2 Å². The fourth-order valence-corrected chi connectivity index (χ4v) is 2.68. The maximum Gasteiger partial charge on any atom is 0.0389 e. The lowest BCUT2D eigenvalue weighted by molar-refractivity contribution is 0.233. The number of nitrogens with one attached hydrogen (secondary N) is 1. The molecule has 2 rings (SSSR count). The van der Waals surface area contributed by atoms with E-state index in [1.807, 2.05) is 12.1 Å². The summed E-state index contributed by atoms with van der Waals surface area (Å²) in [5.74, 6) is 0. The van der Waals surface area contributed by atoms with E-state index in [2.05, 4.69) is 48.9 Å². The third-order valence-electron chi connectivity index (χ3n) is 2.72. The Balaban J connectivity index is 2.11. The van der Waals surface area contributed by atoms with E-state index < -0.39 is 0 Å². The van der Waals surface area contributed by atoms with Gasteiger partial charge in [-0.3, -0.25) is 4.90 Å². The van der Waals surface area contributed by atoms with E-state index in [1.54, 1.807) is 0 Å². The molecule has 0 unspecified atom stereocenters. The van der Waals surface area contributed by atoms with Crippen molar-refractivity contribution in [3.63, 3.8) is 0 Å². The molecule has 0 aliphatic carbocycles. The lowest BCUT2D eigenvalue weighted by atomic mass is 10.2. The van der Waals surface area contributed by atoms with Gasteiger partial charge in [0.2, 0.25) is 0 Å². The fourth-order valence-electron chi connectivity index (χ4n) is 1.96. The lowest BCUT2D eigenvalue weighted by Crippen LogP contribution is -2.42. The van der Waals surface area contributed by atoms with Gasteiger partial charge in [0.25, 0.3) is 0 Å². The average Bonchev–Trinajstić information content (AvgIpc) is 2.30. The number of benzene rings is 1. The van der Waals surface area contributed by atoms with Crippen molar-refractivity contribution in [3.8, 4) is 0 Å². The highest BCUT2D eigenvalue weighted by molar-refractivity contribution is 14.1. The molecule has 1 fully saturated rings. The zero-order valence-corrected chi connectivity index (χ0v) is 11.6. The van der Waals surface area contributed by atoms with Crippen LogP contribution in [0.3, 0.4) is 0 Å². The summed E-state index contributed by atoms with van der Waals surface area (Å²) >= 11 is 2.25. The van der Waals surface area contributed by atoms with E-state index in [1.165, 1.54) is 5.56 Å². The molecule has 0 radical (unpaired) electrons. The second kappa shape index (κ2) is 6.20. The molecule has 1 aliphatic rings. The van der Waals surface area contributed by atoms with Crippen LogP contribution in [-0.2, 0) is 6.54 Å². The summed E-state index contributed by atoms with van der Waals surface area (Å²) in [6, 6.07) is 5.99. The molecular weight excluding hydrogens is 329 g/mol. The smallest absolute Gasteiger partial charge is 0.0389 e. The number of nitrogens with zero attached hydrogens (tertiary/aromatic N) is 4. The summed E-state index contributed by atoms with van der Waals surface area (Å²) in [6.07, 6.45) is 0. The molecule has 1 aliphatic heterocycles. The van der Waals surface area contributed by atoms with Crippen LogP contribution < -0.4 is 5.32 Å². The van der Waals surface area contributed by atoms with Gasteiger partial charge in [-0.2, -0.15) is 0 Å². The van der Waals surface area contributed by atoms with Crippen LogP contribution >= 0.6 is 22.6 Å². The highest BCUT2D eigenvalue weighted by atomic mass is 127. The molecule has 1 heterocycles. The van der Waals surface area contributed by atoms with Crippen LogP contribution in [0.1, 0.15) is 5.56 Å². The Morgan fingerprint density at radius 3 is 2.82 bits per heavy atom. The molecule has 0 aromatic heterocycles. The summed E-state index contributed by atoms with van der Waals surface area (Å²) in [5, 5.41) is 7.00. The highest BCUT2D eigenvalue weighted by Crippen LogP contribution is 2.20. The Labute approximate surface area is 114 Å². The van der Waals surface area contributed by atoms with Gasteiger partial charge in [0.1, 0.15) is 0 Å². The average molecular weight is 343 g/mol. The van der Waals surface area contributed by atoms with E-state index in [-0.39, 0.29) is 0 Å². The standard InChI is InChI=1S/C11H14IN5/c12-10-5-9(6-11(7-10)15-16-13)8-17-3-1-14-2-4-17/h5-7,14H,1-4,8H2. The third kappa shape index (κ3) is 3.85. The maximum absolute atomic E-state index is 8.46. The Morgan fingerprint density at radius 1 is 1.35 bits per heavy atom. The van der Waals surface area contributed by atoms with Crippen molar-refractivity contribution >= 4 is 28.3 Å². The van der Waals surface area contributed by atoms with Crippen LogP contribution in [0.4, 0.5) is 5.69 Å². The van der Waals surface area contributed by atoms with Crippen molar-refractivity contribution in [2.75, 3.05) is 26.2 Å². The zero-order valence-electron chi connectivity index (χ0n) is 9.43. The molecule has 90 valence electrons. The van der Waals surface area contributed by atoms with Gasteiger partial charge in [-0.1, -0.05) is 5.11 Å². The van der Waals surface area contributed by atoms with Crippen LogP contribution in [0.5, 0.6) is 0 Å². The van der Waals surface area contributed by atoms with Crippen LogP contribution in [0.25, 0.3) is 10.4 Å². The van der Waals surface area contributed by atoms with Gasteiger partial charge >= 0.3 is 0 Å². The number of hydrogen-bond donors (Lipinski definition) is 1.